The zero-order chi connectivity index (χ0) is 20.5. The van der Waals surface area contributed by atoms with Crippen LogP contribution in [0.4, 0.5) is 10.1 Å². The molecule has 0 aliphatic carbocycles. The molecule has 0 bridgehead atoms. The van der Waals surface area contributed by atoms with Crippen molar-refractivity contribution in [2.45, 2.75) is 13.5 Å². The number of rotatable bonds is 4. The highest BCUT2D eigenvalue weighted by Crippen LogP contribution is 2.13. The van der Waals surface area contributed by atoms with E-state index in [1.165, 1.54) is 28.6 Å². The molecule has 0 saturated carbocycles. The molecule has 8 heteroatoms. The van der Waals surface area contributed by atoms with Gasteiger partial charge in [0.1, 0.15) is 5.82 Å². The molecule has 4 aromatic rings. The van der Waals surface area contributed by atoms with Crippen molar-refractivity contribution < 1.29 is 9.18 Å². The molecule has 0 spiro atoms. The normalized spacial score (nSPS) is 11.0. The van der Waals surface area contributed by atoms with E-state index in [2.05, 4.69) is 15.5 Å². The second kappa shape index (κ2) is 7.31. The molecular weight excluding hydrogens is 373 g/mol. The molecule has 7 nitrogen and oxygen atoms in total. The van der Waals surface area contributed by atoms with Crippen LogP contribution < -0.4 is 10.7 Å². The Balaban J connectivity index is 1.57. The van der Waals surface area contributed by atoms with Gasteiger partial charge in [-0.25, -0.2) is 4.39 Å². The monoisotopic (exact) mass is 391 g/mol. The number of aryl methyl sites for hydroxylation is 2. The molecule has 0 aliphatic heterocycles. The van der Waals surface area contributed by atoms with E-state index in [1.54, 1.807) is 17.9 Å². The second-order valence-corrected chi connectivity index (χ2v) is 6.83. The van der Waals surface area contributed by atoms with Crippen molar-refractivity contribution >= 4 is 22.5 Å². The average molecular weight is 391 g/mol. The summed E-state index contributed by atoms with van der Waals surface area (Å²) in [5, 5.41) is 11.0. The maximum absolute atomic E-state index is 13.6. The van der Waals surface area contributed by atoms with Crippen molar-refractivity contribution in [1.29, 1.82) is 0 Å². The third-order valence-electron chi connectivity index (χ3n) is 4.59. The highest BCUT2D eigenvalue weighted by Gasteiger charge is 2.18. The van der Waals surface area contributed by atoms with Crippen LogP contribution in [0.15, 0.2) is 59.7 Å². The number of aromatic nitrogens is 4. The predicted octanol–water partition coefficient (Wildman–Crippen LogP) is 2.88. The number of hydrogen-bond donors (Lipinski definition) is 1. The third kappa shape index (κ3) is 3.77. The van der Waals surface area contributed by atoms with E-state index in [0.29, 0.717) is 17.7 Å². The first-order valence-electron chi connectivity index (χ1n) is 8.96. The zero-order valence-electron chi connectivity index (χ0n) is 15.9. The van der Waals surface area contributed by atoms with Crippen LogP contribution in [-0.2, 0) is 13.6 Å². The number of nitrogens with one attached hydrogen (secondary N) is 1. The Morgan fingerprint density at radius 2 is 1.93 bits per heavy atom. The molecule has 2 aromatic heterocycles. The number of halogens is 1. The van der Waals surface area contributed by atoms with Gasteiger partial charge in [-0.2, -0.15) is 10.2 Å². The van der Waals surface area contributed by atoms with Gasteiger partial charge < -0.3 is 5.32 Å². The van der Waals surface area contributed by atoms with Crippen LogP contribution in [0.1, 0.15) is 21.6 Å². The molecule has 146 valence electrons. The molecule has 1 N–H and O–H groups in total. The smallest absolute Gasteiger partial charge is 0.280 e. The summed E-state index contributed by atoms with van der Waals surface area (Å²) >= 11 is 0. The lowest BCUT2D eigenvalue weighted by Crippen LogP contribution is -2.26. The number of carbonyl (C=O) groups excluding carboxylic acids is 1. The van der Waals surface area contributed by atoms with Crippen LogP contribution in [0.25, 0.3) is 10.9 Å². The van der Waals surface area contributed by atoms with Crippen molar-refractivity contribution in [2.75, 3.05) is 5.32 Å². The van der Waals surface area contributed by atoms with E-state index < -0.39 is 17.2 Å². The number of carbonyl (C=O) groups is 1. The Morgan fingerprint density at radius 1 is 1.17 bits per heavy atom. The van der Waals surface area contributed by atoms with Crippen molar-refractivity contribution in [3.05, 3.63) is 87.7 Å². The number of nitrogens with zero attached hydrogens (tertiary/aromatic N) is 4. The van der Waals surface area contributed by atoms with Gasteiger partial charge in [-0.1, -0.05) is 29.8 Å². The van der Waals surface area contributed by atoms with Crippen LogP contribution in [-0.4, -0.2) is 25.5 Å². The topological polar surface area (TPSA) is 81.8 Å². The number of amides is 1. The van der Waals surface area contributed by atoms with Gasteiger partial charge in [0.2, 0.25) is 5.43 Å². The SMILES string of the molecule is Cc1ccc(Cn2cc(NC(=O)c3nn(C)c4ccc(F)cc4c3=O)cn2)cc1. The van der Waals surface area contributed by atoms with Gasteiger partial charge in [0.15, 0.2) is 5.69 Å². The molecule has 0 saturated heterocycles. The van der Waals surface area contributed by atoms with E-state index >= 15 is 0 Å². The van der Waals surface area contributed by atoms with Crippen LogP contribution in [0, 0.1) is 12.7 Å². The minimum absolute atomic E-state index is 0.0997. The molecule has 0 unspecified atom stereocenters. The summed E-state index contributed by atoms with van der Waals surface area (Å²) in [5.41, 5.74) is 2.19. The Labute approximate surface area is 165 Å². The van der Waals surface area contributed by atoms with Crippen molar-refractivity contribution in [2.24, 2.45) is 7.05 Å². The van der Waals surface area contributed by atoms with Gasteiger partial charge in [-0.05, 0) is 30.7 Å². The van der Waals surface area contributed by atoms with E-state index in [4.69, 9.17) is 0 Å². The second-order valence-electron chi connectivity index (χ2n) is 6.83. The fourth-order valence-corrected chi connectivity index (χ4v) is 3.08. The van der Waals surface area contributed by atoms with E-state index in [1.807, 2.05) is 31.2 Å². The van der Waals surface area contributed by atoms with Crippen molar-refractivity contribution in [1.82, 2.24) is 19.6 Å². The first kappa shape index (κ1) is 18.5. The van der Waals surface area contributed by atoms with Crippen LogP contribution >= 0.6 is 0 Å². The molecule has 4 rings (SSSR count). The first-order chi connectivity index (χ1) is 13.9. The Bertz CT molecular complexity index is 1270. The maximum Gasteiger partial charge on any atom is 0.280 e. The van der Waals surface area contributed by atoms with Crippen LogP contribution in [0.3, 0.4) is 0 Å². The third-order valence-corrected chi connectivity index (χ3v) is 4.59. The minimum atomic E-state index is -0.674. The summed E-state index contributed by atoms with van der Waals surface area (Å²) in [6.45, 7) is 2.57. The summed E-state index contributed by atoms with van der Waals surface area (Å²) < 4.78 is 16.6. The van der Waals surface area contributed by atoms with E-state index in [-0.39, 0.29) is 11.1 Å². The number of anilines is 1. The fourth-order valence-electron chi connectivity index (χ4n) is 3.08. The number of benzene rings is 2. The summed E-state index contributed by atoms with van der Waals surface area (Å²) in [7, 11) is 1.59. The lowest BCUT2D eigenvalue weighted by molar-refractivity contribution is 0.101. The predicted molar refractivity (Wildman–Crippen MR) is 107 cm³/mol. The summed E-state index contributed by atoms with van der Waals surface area (Å²) in [5.74, 6) is -1.23. The fraction of sp³-hybridized carbons (Fsp3) is 0.143. The maximum atomic E-state index is 13.6. The Morgan fingerprint density at radius 3 is 2.69 bits per heavy atom. The van der Waals surface area contributed by atoms with Gasteiger partial charge >= 0.3 is 0 Å². The molecule has 2 aromatic carbocycles. The summed E-state index contributed by atoms with van der Waals surface area (Å²) in [6.07, 6.45) is 3.17. The van der Waals surface area contributed by atoms with Gasteiger partial charge in [0.05, 0.1) is 29.3 Å². The molecule has 1 amide bonds. The van der Waals surface area contributed by atoms with Gasteiger partial charge in [0.25, 0.3) is 5.91 Å². The first-order valence-corrected chi connectivity index (χ1v) is 8.96. The van der Waals surface area contributed by atoms with E-state index in [9.17, 15) is 14.0 Å². The van der Waals surface area contributed by atoms with Gasteiger partial charge in [0, 0.05) is 13.2 Å². The molecule has 0 atom stereocenters. The van der Waals surface area contributed by atoms with Crippen LogP contribution in [0.5, 0.6) is 0 Å². The highest BCUT2D eigenvalue weighted by atomic mass is 19.1. The summed E-state index contributed by atoms with van der Waals surface area (Å²) in [6, 6.07) is 11.9. The zero-order valence-corrected chi connectivity index (χ0v) is 15.9. The Kier molecular flexibility index (Phi) is 4.67. The largest absolute Gasteiger partial charge is 0.318 e. The minimum Gasteiger partial charge on any atom is -0.318 e. The van der Waals surface area contributed by atoms with Crippen LogP contribution in [0.2, 0.25) is 0 Å². The van der Waals surface area contributed by atoms with Crippen molar-refractivity contribution in [3.63, 3.8) is 0 Å². The molecular formula is C21H18FN5O2. The molecule has 0 radical (unpaired) electrons. The standard InChI is InChI=1S/C21H18FN5O2/c1-13-3-5-14(6-4-13)11-27-12-16(10-23-27)24-21(29)19-20(28)17-9-15(22)7-8-18(17)26(2)25-19/h3-10,12H,11H2,1-2H3,(H,24,29). The van der Waals surface area contributed by atoms with Crippen molar-refractivity contribution in [3.8, 4) is 0 Å². The van der Waals surface area contributed by atoms with E-state index in [0.717, 1.165) is 11.6 Å². The molecule has 29 heavy (non-hydrogen) atoms. The number of hydrogen-bond acceptors (Lipinski definition) is 4. The molecule has 0 aliphatic rings. The lowest BCUT2D eigenvalue weighted by Gasteiger charge is -2.07. The Hall–Kier alpha value is -3.81. The highest BCUT2D eigenvalue weighted by molar-refractivity contribution is 6.04. The van der Waals surface area contributed by atoms with Gasteiger partial charge in [-0.15, -0.1) is 0 Å². The molecule has 0 fully saturated rings. The quantitative estimate of drug-likeness (QED) is 0.580. The average Bonchev–Trinajstić information content (AvgIpc) is 3.13. The number of fused-ring (bicyclic) bond motifs is 1. The summed E-state index contributed by atoms with van der Waals surface area (Å²) in [4.78, 5) is 25.2. The van der Waals surface area contributed by atoms with Gasteiger partial charge in [-0.3, -0.25) is 19.0 Å². The lowest BCUT2D eigenvalue weighted by atomic mass is 10.1. The molecule has 2 heterocycles.